The van der Waals surface area contributed by atoms with Gasteiger partial charge in [0.15, 0.2) is 6.04 Å². The number of rotatable bonds is 3. The molecule has 0 saturated carbocycles. The van der Waals surface area contributed by atoms with E-state index in [0.717, 1.165) is 0 Å². The predicted molar refractivity (Wildman–Crippen MR) is 72.4 cm³/mol. The molecule has 2 aromatic rings. The van der Waals surface area contributed by atoms with Gasteiger partial charge in [0.05, 0.1) is 18.9 Å². The molecule has 1 saturated heterocycles. The molecular weight excluding hydrogens is 290 g/mol. The van der Waals surface area contributed by atoms with Gasteiger partial charge in [0.2, 0.25) is 0 Å². The first-order valence-corrected chi connectivity index (χ1v) is 6.62. The number of aromatic nitrogens is 4. The maximum absolute atomic E-state index is 12.6. The second-order valence-electron chi connectivity index (χ2n) is 4.73. The third kappa shape index (κ3) is 2.66. The number of nitrogens with zero attached hydrogens (tertiary/aromatic N) is 5. The van der Waals surface area contributed by atoms with Gasteiger partial charge in [0.25, 0.3) is 5.91 Å². The van der Waals surface area contributed by atoms with Crippen LogP contribution in [0.4, 0.5) is 0 Å². The van der Waals surface area contributed by atoms with Crippen LogP contribution in [-0.2, 0) is 9.53 Å². The summed E-state index contributed by atoms with van der Waals surface area (Å²) in [6, 6.07) is 5.72. The molecule has 3 rings (SSSR count). The summed E-state index contributed by atoms with van der Waals surface area (Å²) in [5.74, 6) is -1.43. The van der Waals surface area contributed by atoms with E-state index in [1.54, 1.807) is 24.3 Å². The molecule has 9 heteroatoms. The van der Waals surface area contributed by atoms with Gasteiger partial charge in [-0.25, -0.2) is 9.48 Å². The minimum Gasteiger partial charge on any atom is -0.480 e. The van der Waals surface area contributed by atoms with Crippen molar-refractivity contribution in [3.05, 3.63) is 36.2 Å². The minimum atomic E-state index is -1.08. The van der Waals surface area contributed by atoms with Crippen LogP contribution in [-0.4, -0.2) is 67.9 Å². The number of amides is 1. The van der Waals surface area contributed by atoms with Crippen LogP contribution < -0.4 is 0 Å². The Hall–Kier alpha value is -2.81. The Labute approximate surface area is 125 Å². The highest BCUT2D eigenvalue weighted by atomic mass is 16.5. The van der Waals surface area contributed by atoms with E-state index in [9.17, 15) is 14.7 Å². The fourth-order valence-electron chi connectivity index (χ4n) is 2.28. The summed E-state index contributed by atoms with van der Waals surface area (Å²) in [4.78, 5) is 25.1. The zero-order chi connectivity index (χ0) is 15.5. The topological polar surface area (TPSA) is 110 Å². The van der Waals surface area contributed by atoms with Crippen LogP contribution in [0.2, 0.25) is 0 Å². The summed E-state index contributed by atoms with van der Waals surface area (Å²) in [7, 11) is 0. The van der Waals surface area contributed by atoms with Crippen molar-refractivity contribution in [3.63, 3.8) is 0 Å². The summed E-state index contributed by atoms with van der Waals surface area (Å²) < 4.78 is 6.56. The Morgan fingerprint density at radius 2 is 2.23 bits per heavy atom. The molecule has 1 N–H and O–H groups in total. The van der Waals surface area contributed by atoms with Crippen LogP contribution in [0, 0.1) is 0 Å². The maximum Gasteiger partial charge on any atom is 0.328 e. The average molecular weight is 303 g/mol. The van der Waals surface area contributed by atoms with Crippen molar-refractivity contribution in [1.29, 1.82) is 0 Å². The lowest BCUT2D eigenvalue weighted by atomic mass is 10.1. The van der Waals surface area contributed by atoms with E-state index in [2.05, 4.69) is 15.5 Å². The molecule has 1 aliphatic rings. The van der Waals surface area contributed by atoms with Crippen LogP contribution in [0.5, 0.6) is 0 Å². The zero-order valence-electron chi connectivity index (χ0n) is 11.5. The second kappa shape index (κ2) is 5.90. The van der Waals surface area contributed by atoms with E-state index in [4.69, 9.17) is 4.74 Å². The molecule has 9 nitrogen and oxygen atoms in total. The first kappa shape index (κ1) is 14.1. The Morgan fingerprint density at radius 3 is 2.95 bits per heavy atom. The Kier molecular flexibility index (Phi) is 3.79. The molecule has 1 amide bonds. The van der Waals surface area contributed by atoms with Crippen molar-refractivity contribution >= 4 is 11.9 Å². The largest absolute Gasteiger partial charge is 0.480 e. The fraction of sp³-hybridized carbons (Fsp3) is 0.308. The van der Waals surface area contributed by atoms with Crippen molar-refractivity contribution in [2.75, 3.05) is 19.8 Å². The molecule has 1 aliphatic heterocycles. The Bertz CT molecular complexity index is 687. The molecule has 0 bridgehead atoms. The first-order valence-electron chi connectivity index (χ1n) is 6.62. The van der Waals surface area contributed by atoms with E-state index in [0.29, 0.717) is 17.9 Å². The molecule has 0 spiro atoms. The standard InChI is InChI=1S/C13H13N5O4/c19-12(17-4-5-22-7-11(17)13(20)21)9-2-1-3-10(6-9)18-8-14-15-16-18/h1-3,6,8,11H,4-5,7H2,(H,20,21)/t11-/m0/s1. The Morgan fingerprint density at radius 1 is 1.36 bits per heavy atom. The number of ether oxygens (including phenoxy) is 1. The molecule has 1 atom stereocenters. The number of carboxylic acid groups (broad SMARTS) is 1. The quantitative estimate of drug-likeness (QED) is 0.820. The lowest BCUT2D eigenvalue weighted by molar-refractivity contribution is -0.147. The lowest BCUT2D eigenvalue weighted by Crippen LogP contribution is -2.52. The Balaban J connectivity index is 1.88. The van der Waals surface area contributed by atoms with Gasteiger partial charge in [-0.1, -0.05) is 6.07 Å². The van der Waals surface area contributed by atoms with Gasteiger partial charge >= 0.3 is 5.97 Å². The number of hydrogen-bond donors (Lipinski definition) is 1. The summed E-state index contributed by atoms with van der Waals surface area (Å²) in [5, 5.41) is 20.0. The summed E-state index contributed by atoms with van der Waals surface area (Å²) in [6.45, 7) is 0.556. The highest BCUT2D eigenvalue weighted by molar-refractivity contribution is 5.97. The van der Waals surface area contributed by atoms with Crippen molar-refractivity contribution in [2.45, 2.75) is 6.04 Å². The fourth-order valence-corrected chi connectivity index (χ4v) is 2.28. The number of carboxylic acids is 1. The molecule has 0 unspecified atom stereocenters. The normalized spacial score (nSPS) is 18.2. The summed E-state index contributed by atoms with van der Waals surface area (Å²) >= 11 is 0. The monoisotopic (exact) mass is 303 g/mol. The van der Waals surface area contributed by atoms with Crippen molar-refractivity contribution in [3.8, 4) is 5.69 Å². The highest BCUT2D eigenvalue weighted by Crippen LogP contribution is 2.15. The maximum atomic E-state index is 12.6. The van der Waals surface area contributed by atoms with Gasteiger partial charge < -0.3 is 14.7 Å². The van der Waals surface area contributed by atoms with Crippen molar-refractivity contribution < 1.29 is 19.4 Å². The third-order valence-corrected chi connectivity index (χ3v) is 3.38. The van der Waals surface area contributed by atoms with Gasteiger partial charge in [-0.2, -0.15) is 0 Å². The van der Waals surface area contributed by atoms with Gasteiger partial charge in [-0.15, -0.1) is 5.10 Å². The van der Waals surface area contributed by atoms with Crippen LogP contribution in [0.1, 0.15) is 10.4 Å². The molecule has 1 aromatic heterocycles. The predicted octanol–water partition coefficient (Wildman–Crippen LogP) is -0.412. The molecule has 0 aliphatic carbocycles. The van der Waals surface area contributed by atoms with Gasteiger partial charge in [-0.05, 0) is 28.6 Å². The number of carbonyl (C=O) groups excluding carboxylic acids is 1. The van der Waals surface area contributed by atoms with E-state index in [-0.39, 0.29) is 19.1 Å². The van der Waals surface area contributed by atoms with Crippen LogP contribution in [0.25, 0.3) is 5.69 Å². The van der Waals surface area contributed by atoms with E-state index < -0.39 is 12.0 Å². The summed E-state index contributed by atoms with van der Waals surface area (Å²) in [5.41, 5.74) is 0.997. The number of carbonyl (C=O) groups is 2. The molecule has 0 radical (unpaired) electrons. The van der Waals surface area contributed by atoms with Gasteiger partial charge in [0, 0.05) is 12.1 Å². The molecule has 114 valence electrons. The first-order chi connectivity index (χ1) is 10.7. The molecule has 1 fully saturated rings. The molecular formula is C13H13N5O4. The average Bonchev–Trinajstić information content (AvgIpc) is 3.09. The minimum absolute atomic E-state index is 0.00619. The van der Waals surface area contributed by atoms with Gasteiger partial charge in [-0.3, -0.25) is 4.79 Å². The number of morpholine rings is 1. The van der Waals surface area contributed by atoms with Crippen LogP contribution >= 0.6 is 0 Å². The lowest BCUT2D eigenvalue weighted by Gasteiger charge is -2.32. The smallest absolute Gasteiger partial charge is 0.328 e. The van der Waals surface area contributed by atoms with E-state index in [1.165, 1.54) is 15.9 Å². The highest BCUT2D eigenvalue weighted by Gasteiger charge is 2.33. The number of tetrazole rings is 1. The second-order valence-corrected chi connectivity index (χ2v) is 4.73. The molecule has 2 heterocycles. The van der Waals surface area contributed by atoms with E-state index in [1.807, 2.05) is 0 Å². The van der Waals surface area contributed by atoms with Gasteiger partial charge in [0.1, 0.15) is 6.33 Å². The molecule has 1 aromatic carbocycles. The number of benzene rings is 1. The van der Waals surface area contributed by atoms with Crippen LogP contribution in [0.15, 0.2) is 30.6 Å². The molecule has 22 heavy (non-hydrogen) atoms. The summed E-state index contributed by atoms with van der Waals surface area (Å²) in [6.07, 6.45) is 1.42. The number of hydrogen-bond acceptors (Lipinski definition) is 6. The van der Waals surface area contributed by atoms with Crippen molar-refractivity contribution in [2.24, 2.45) is 0 Å². The van der Waals surface area contributed by atoms with Crippen LogP contribution in [0.3, 0.4) is 0 Å². The van der Waals surface area contributed by atoms with Crippen molar-refractivity contribution in [1.82, 2.24) is 25.1 Å². The number of aliphatic carboxylic acids is 1. The van der Waals surface area contributed by atoms with E-state index >= 15 is 0 Å². The SMILES string of the molecule is O=C(O)[C@@H]1COCCN1C(=O)c1cccc(-n2cnnn2)c1. The zero-order valence-corrected chi connectivity index (χ0v) is 11.5. The third-order valence-electron chi connectivity index (χ3n) is 3.38.